The molecule has 0 aliphatic carbocycles. The molecule has 1 saturated heterocycles. The van der Waals surface area contributed by atoms with Gasteiger partial charge in [-0.3, -0.25) is 0 Å². The summed E-state index contributed by atoms with van der Waals surface area (Å²) in [5, 5.41) is 0. The first-order valence-electron chi connectivity index (χ1n) is 5.79. The van der Waals surface area contributed by atoms with E-state index in [-0.39, 0.29) is 12.4 Å². The first kappa shape index (κ1) is 15.6. The first-order valence-corrected chi connectivity index (χ1v) is 6.95. The minimum absolute atomic E-state index is 0. The summed E-state index contributed by atoms with van der Waals surface area (Å²) in [4.78, 5) is 2.58. The molecular formula is C11H25ClN2S. The number of likely N-dealkylation sites (tertiary alicyclic amines) is 1. The highest BCUT2D eigenvalue weighted by molar-refractivity contribution is 7.99. The third-order valence-electron chi connectivity index (χ3n) is 3.04. The van der Waals surface area contributed by atoms with Gasteiger partial charge in [-0.1, -0.05) is 6.92 Å². The lowest BCUT2D eigenvalue weighted by molar-refractivity contribution is 0.169. The predicted molar refractivity (Wildman–Crippen MR) is 73.1 cm³/mol. The van der Waals surface area contributed by atoms with Gasteiger partial charge in [-0.05, 0) is 38.0 Å². The van der Waals surface area contributed by atoms with Gasteiger partial charge in [0, 0.05) is 24.9 Å². The van der Waals surface area contributed by atoms with E-state index in [1.165, 1.54) is 44.0 Å². The van der Waals surface area contributed by atoms with E-state index >= 15 is 0 Å². The lowest BCUT2D eigenvalue weighted by Gasteiger charge is -2.34. The molecule has 4 heteroatoms. The van der Waals surface area contributed by atoms with E-state index in [1.54, 1.807) is 0 Å². The molecule has 0 amide bonds. The number of hydrogen-bond donors (Lipinski definition) is 1. The number of halogens is 1. The fourth-order valence-corrected chi connectivity index (χ4v) is 2.74. The molecule has 0 aromatic rings. The highest BCUT2D eigenvalue weighted by atomic mass is 35.5. The van der Waals surface area contributed by atoms with Crippen LogP contribution < -0.4 is 5.73 Å². The van der Waals surface area contributed by atoms with Crippen molar-refractivity contribution in [3.63, 3.8) is 0 Å². The molecule has 0 radical (unpaired) electrons. The van der Waals surface area contributed by atoms with Gasteiger partial charge < -0.3 is 10.6 Å². The van der Waals surface area contributed by atoms with Crippen LogP contribution in [0.15, 0.2) is 0 Å². The molecule has 0 saturated carbocycles. The molecule has 0 aromatic heterocycles. The number of rotatable bonds is 5. The molecule has 1 aliphatic rings. The highest BCUT2D eigenvalue weighted by Gasteiger charge is 2.21. The lowest BCUT2D eigenvalue weighted by Crippen LogP contribution is -2.43. The van der Waals surface area contributed by atoms with Crippen molar-refractivity contribution in [2.75, 3.05) is 31.1 Å². The van der Waals surface area contributed by atoms with Crippen LogP contribution in [-0.2, 0) is 0 Å². The zero-order valence-corrected chi connectivity index (χ0v) is 11.6. The Morgan fingerprint density at radius 3 is 2.87 bits per heavy atom. The Bertz CT molecular complexity index is 156. The van der Waals surface area contributed by atoms with Crippen LogP contribution in [0.5, 0.6) is 0 Å². The molecule has 1 heterocycles. The Morgan fingerprint density at radius 2 is 2.27 bits per heavy atom. The van der Waals surface area contributed by atoms with Gasteiger partial charge in [-0.2, -0.15) is 11.8 Å². The quantitative estimate of drug-likeness (QED) is 0.761. The van der Waals surface area contributed by atoms with E-state index in [1.807, 2.05) is 11.8 Å². The number of nitrogens with two attached hydrogens (primary N) is 1. The summed E-state index contributed by atoms with van der Waals surface area (Å²) in [6, 6.07) is 0.372. The maximum Gasteiger partial charge on any atom is 0.00725 e. The van der Waals surface area contributed by atoms with Crippen molar-refractivity contribution in [2.24, 2.45) is 11.7 Å². The molecular weight excluding hydrogens is 228 g/mol. The Morgan fingerprint density at radius 1 is 1.53 bits per heavy atom. The van der Waals surface area contributed by atoms with Crippen molar-refractivity contribution >= 4 is 24.2 Å². The van der Waals surface area contributed by atoms with Crippen LogP contribution in [0.25, 0.3) is 0 Å². The number of nitrogens with zero attached hydrogens (tertiary/aromatic N) is 1. The molecule has 2 N–H and O–H groups in total. The summed E-state index contributed by atoms with van der Waals surface area (Å²) in [5.74, 6) is 3.25. The first-order chi connectivity index (χ1) is 6.74. The van der Waals surface area contributed by atoms with E-state index in [9.17, 15) is 0 Å². The summed E-state index contributed by atoms with van der Waals surface area (Å²) in [5.41, 5.74) is 5.95. The van der Waals surface area contributed by atoms with Crippen molar-refractivity contribution < 1.29 is 0 Å². The molecule has 1 fully saturated rings. The standard InChI is InChI=1S/C11H24N2S.ClH/c1-3-14-8-7-13-6-4-5-11(9-13)10(2)12;/h10-11H,3-9,12H2,1-2H3;1H. The monoisotopic (exact) mass is 252 g/mol. The molecule has 0 aromatic carbocycles. The minimum Gasteiger partial charge on any atom is -0.328 e. The fourth-order valence-electron chi connectivity index (χ4n) is 2.06. The SMILES string of the molecule is CCSCCN1CCCC(C(C)N)C1.Cl. The number of thioether (sulfide) groups is 1. The highest BCUT2D eigenvalue weighted by Crippen LogP contribution is 2.18. The van der Waals surface area contributed by atoms with Crippen LogP contribution in [0.2, 0.25) is 0 Å². The molecule has 1 aliphatic heterocycles. The number of piperidine rings is 1. The van der Waals surface area contributed by atoms with Gasteiger partial charge in [-0.15, -0.1) is 12.4 Å². The van der Waals surface area contributed by atoms with Gasteiger partial charge in [0.15, 0.2) is 0 Å². The van der Waals surface area contributed by atoms with Crippen molar-refractivity contribution in [1.82, 2.24) is 4.90 Å². The molecule has 92 valence electrons. The zero-order chi connectivity index (χ0) is 10.4. The van der Waals surface area contributed by atoms with E-state index in [4.69, 9.17) is 5.73 Å². The molecule has 2 unspecified atom stereocenters. The summed E-state index contributed by atoms with van der Waals surface area (Å²) in [7, 11) is 0. The van der Waals surface area contributed by atoms with Crippen molar-refractivity contribution in [2.45, 2.75) is 32.7 Å². The predicted octanol–water partition coefficient (Wildman–Crippen LogP) is 2.22. The van der Waals surface area contributed by atoms with Crippen molar-refractivity contribution in [3.05, 3.63) is 0 Å². The Hall–Kier alpha value is 0.560. The topological polar surface area (TPSA) is 29.3 Å². The van der Waals surface area contributed by atoms with E-state index in [2.05, 4.69) is 18.7 Å². The molecule has 15 heavy (non-hydrogen) atoms. The van der Waals surface area contributed by atoms with E-state index in [0.29, 0.717) is 6.04 Å². The summed E-state index contributed by atoms with van der Waals surface area (Å²) >= 11 is 2.04. The maximum absolute atomic E-state index is 5.95. The van der Waals surface area contributed by atoms with Crippen LogP contribution in [0, 0.1) is 5.92 Å². The average molecular weight is 253 g/mol. The minimum atomic E-state index is 0. The fraction of sp³-hybridized carbons (Fsp3) is 1.00. The third-order valence-corrected chi connectivity index (χ3v) is 3.92. The second-order valence-electron chi connectivity index (χ2n) is 4.26. The molecule has 2 atom stereocenters. The Labute approximate surface area is 105 Å². The van der Waals surface area contributed by atoms with E-state index in [0.717, 1.165) is 5.92 Å². The average Bonchev–Trinajstić information content (AvgIpc) is 2.19. The van der Waals surface area contributed by atoms with Gasteiger partial charge in [0.1, 0.15) is 0 Å². The molecule has 0 bridgehead atoms. The van der Waals surface area contributed by atoms with Gasteiger partial charge in [0.05, 0.1) is 0 Å². The van der Waals surface area contributed by atoms with Crippen LogP contribution in [0.3, 0.4) is 0 Å². The molecule has 0 spiro atoms. The van der Waals surface area contributed by atoms with Crippen LogP contribution >= 0.6 is 24.2 Å². The second kappa shape index (κ2) is 8.68. The van der Waals surface area contributed by atoms with Gasteiger partial charge >= 0.3 is 0 Å². The normalized spacial score (nSPS) is 24.6. The van der Waals surface area contributed by atoms with Crippen LogP contribution in [-0.4, -0.2) is 42.1 Å². The van der Waals surface area contributed by atoms with Gasteiger partial charge in [0.2, 0.25) is 0 Å². The molecule has 1 rings (SSSR count). The van der Waals surface area contributed by atoms with Crippen LogP contribution in [0.4, 0.5) is 0 Å². The maximum atomic E-state index is 5.95. The molecule has 2 nitrogen and oxygen atoms in total. The van der Waals surface area contributed by atoms with E-state index < -0.39 is 0 Å². The third kappa shape index (κ3) is 6.00. The Balaban J connectivity index is 0.00000196. The summed E-state index contributed by atoms with van der Waals surface area (Å²) < 4.78 is 0. The van der Waals surface area contributed by atoms with Crippen molar-refractivity contribution in [1.29, 1.82) is 0 Å². The summed E-state index contributed by atoms with van der Waals surface area (Å²) in [6.45, 7) is 8.14. The van der Waals surface area contributed by atoms with Gasteiger partial charge in [0.25, 0.3) is 0 Å². The largest absolute Gasteiger partial charge is 0.328 e. The second-order valence-corrected chi connectivity index (χ2v) is 5.65. The number of hydrogen-bond acceptors (Lipinski definition) is 3. The van der Waals surface area contributed by atoms with Crippen LogP contribution in [0.1, 0.15) is 26.7 Å². The lowest BCUT2D eigenvalue weighted by atomic mass is 9.92. The summed E-state index contributed by atoms with van der Waals surface area (Å²) in [6.07, 6.45) is 2.66. The smallest absolute Gasteiger partial charge is 0.00725 e. The van der Waals surface area contributed by atoms with Gasteiger partial charge in [-0.25, -0.2) is 0 Å². The Kier molecular flexibility index (Phi) is 9.01. The van der Waals surface area contributed by atoms with Crippen molar-refractivity contribution in [3.8, 4) is 0 Å². The zero-order valence-electron chi connectivity index (χ0n) is 9.95.